The number of hydrogen-bond acceptors (Lipinski definition) is 4. The molecule has 0 spiro atoms. The minimum Gasteiger partial charge on any atom is -0.485 e. The lowest BCUT2D eigenvalue weighted by Crippen LogP contribution is -2.10. The molecule has 0 amide bonds. The van der Waals surface area contributed by atoms with Crippen molar-refractivity contribution in [2.75, 3.05) is 7.05 Å². The predicted octanol–water partition coefficient (Wildman–Crippen LogP) is 2.39. The van der Waals surface area contributed by atoms with Crippen LogP contribution in [0.4, 0.5) is 0 Å². The van der Waals surface area contributed by atoms with Gasteiger partial charge in [0.15, 0.2) is 0 Å². The fourth-order valence-corrected chi connectivity index (χ4v) is 1.85. The Morgan fingerprint density at radius 2 is 1.84 bits per heavy atom. The molecule has 0 radical (unpaired) electrons. The maximum Gasteiger partial charge on any atom is 0.142 e. The first-order chi connectivity index (χ1) is 9.19. The molecule has 2 aromatic rings. The largest absolute Gasteiger partial charge is 0.485 e. The lowest BCUT2D eigenvalue weighted by molar-refractivity contribution is 0.295. The van der Waals surface area contributed by atoms with Crippen LogP contribution in [-0.4, -0.2) is 17.0 Å². The Morgan fingerprint density at radius 3 is 2.58 bits per heavy atom. The maximum absolute atomic E-state index is 5.82. The van der Waals surface area contributed by atoms with Gasteiger partial charge in [-0.3, -0.25) is 9.97 Å². The van der Waals surface area contributed by atoms with Gasteiger partial charge in [-0.15, -0.1) is 0 Å². The normalized spacial score (nSPS) is 10.5. The van der Waals surface area contributed by atoms with Gasteiger partial charge in [0.2, 0.25) is 0 Å². The van der Waals surface area contributed by atoms with Crippen LogP contribution in [0.1, 0.15) is 22.8 Å². The number of rotatable bonds is 5. The third-order valence-electron chi connectivity index (χ3n) is 2.74. The van der Waals surface area contributed by atoms with Gasteiger partial charge in [-0.05, 0) is 45.2 Å². The lowest BCUT2D eigenvalue weighted by Gasteiger charge is -2.11. The van der Waals surface area contributed by atoms with E-state index in [0.29, 0.717) is 13.2 Å². The first-order valence-electron chi connectivity index (χ1n) is 6.35. The van der Waals surface area contributed by atoms with E-state index in [1.807, 2.05) is 51.2 Å². The summed E-state index contributed by atoms with van der Waals surface area (Å²) in [7, 11) is 1.90. The zero-order valence-electron chi connectivity index (χ0n) is 11.6. The van der Waals surface area contributed by atoms with Crippen molar-refractivity contribution in [2.24, 2.45) is 0 Å². The van der Waals surface area contributed by atoms with E-state index in [1.54, 1.807) is 0 Å². The van der Waals surface area contributed by atoms with Gasteiger partial charge in [0.1, 0.15) is 12.4 Å². The molecule has 1 N–H and O–H groups in total. The molecule has 2 rings (SSSR count). The summed E-state index contributed by atoms with van der Waals surface area (Å²) in [6.45, 7) is 5.11. The number of aryl methyl sites for hydroxylation is 2. The van der Waals surface area contributed by atoms with E-state index >= 15 is 0 Å². The van der Waals surface area contributed by atoms with Crippen LogP contribution < -0.4 is 10.1 Å². The number of nitrogens with one attached hydrogen (secondary N) is 1. The summed E-state index contributed by atoms with van der Waals surface area (Å²) in [6.07, 6.45) is 0. The summed E-state index contributed by atoms with van der Waals surface area (Å²) in [5.41, 5.74) is 3.84. The van der Waals surface area contributed by atoms with Gasteiger partial charge in [-0.1, -0.05) is 6.07 Å². The van der Waals surface area contributed by atoms with Gasteiger partial charge < -0.3 is 10.1 Å². The average molecular weight is 257 g/mol. The summed E-state index contributed by atoms with van der Waals surface area (Å²) in [5.74, 6) is 0.809. The molecule has 2 aromatic heterocycles. The highest BCUT2D eigenvalue weighted by molar-refractivity contribution is 5.29. The molecule has 19 heavy (non-hydrogen) atoms. The molecule has 0 unspecified atom stereocenters. The number of aromatic nitrogens is 2. The summed E-state index contributed by atoms with van der Waals surface area (Å²) in [6, 6.07) is 9.85. The topological polar surface area (TPSA) is 47.0 Å². The minimum atomic E-state index is 0.461. The van der Waals surface area contributed by atoms with Gasteiger partial charge >= 0.3 is 0 Å². The van der Waals surface area contributed by atoms with Crippen molar-refractivity contribution in [3.63, 3.8) is 0 Å². The summed E-state index contributed by atoms with van der Waals surface area (Å²) >= 11 is 0. The molecule has 0 aromatic carbocycles. The molecule has 2 heterocycles. The quantitative estimate of drug-likeness (QED) is 0.893. The van der Waals surface area contributed by atoms with Crippen LogP contribution in [0.5, 0.6) is 5.75 Å². The second-order valence-electron chi connectivity index (χ2n) is 4.49. The van der Waals surface area contributed by atoms with E-state index in [0.717, 1.165) is 28.5 Å². The molecule has 0 fully saturated rings. The third kappa shape index (κ3) is 3.76. The standard InChI is InChI=1S/C15H19N3O/c1-11-5-4-6-13(17-11)10-19-15-8-7-12(2)18-14(15)9-16-3/h4-8,16H,9-10H2,1-3H3. The zero-order valence-corrected chi connectivity index (χ0v) is 11.6. The Bertz CT molecular complexity index is 555. The first-order valence-corrected chi connectivity index (χ1v) is 6.35. The number of hydrogen-bond donors (Lipinski definition) is 1. The lowest BCUT2D eigenvalue weighted by atomic mass is 10.2. The minimum absolute atomic E-state index is 0.461. The monoisotopic (exact) mass is 257 g/mol. The molecule has 0 atom stereocenters. The molecule has 0 aliphatic carbocycles. The predicted molar refractivity (Wildman–Crippen MR) is 75.0 cm³/mol. The van der Waals surface area contributed by atoms with Crippen LogP contribution >= 0.6 is 0 Å². The van der Waals surface area contributed by atoms with Crippen LogP contribution in [0.3, 0.4) is 0 Å². The van der Waals surface area contributed by atoms with Gasteiger partial charge in [0.25, 0.3) is 0 Å². The van der Waals surface area contributed by atoms with Crippen molar-refractivity contribution in [3.05, 3.63) is 53.1 Å². The molecule has 4 nitrogen and oxygen atoms in total. The molecular formula is C15H19N3O. The van der Waals surface area contributed by atoms with Gasteiger partial charge in [-0.2, -0.15) is 0 Å². The van der Waals surface area contributed by atoms with Crippen LogP contribution in [0, 0.1) is 13.8 Å². The van der Waals surface area contributed by atoms with Crippen molar-refractivity contribution in [1.29, 1.82) is 0 Å². The number of ether oxygens (including phenoxy) is 1. The number of nitrogens with zero attached hydrogens (tertiary/aromatic N) is 2. The Kier molecular flexibility index (Phi) is 4.47. The van der Waals surface area contributed by atoms with Crippen molar-refractivity contribution in [3.8, 4) is 5.75 Å². The second kappa shape index (κ2) is 6.29. The highest BCUT2D eigenvalue weighted by atomic mass is 16.5. The van der Waals surface area contributed by atoms with Crippen molar-refractivity contribution in [1.82, 2.24) is 15.3 Å². The summed E-state index contributed by atoms with van der Waals surface area (Å²) < 4.78 is 5.82. The number of pyridine rings is 2. The average Bonchev–Trinajstić information content (AvgIpc) is 2.38. The van der Waals surface area contributed by atoms with Gasteiger partial charge in [-0.25, -0.2) is 0 Å². The van der Waals surface area contributed by atoms with Crippen LogP contribution in [0.15, 0.2) is 30.3 Å². The maximum atomic E-state index is 5.82. The van der Waals surface area contributed by atoms with E-state index in [-0.39, 0.29) is 0 Å². The smallest absolute Gasteiger partial charge is 0.142 e. The van der Waals surface area contributed by atoms with Crippen LogP contribution in [0.2, 0.25) is 0 Å². The highest BCUT2D eigenvalue weighted by Crippen LogP contribution is 2.18. The zero-order chi connectivity index (χ0) is 13.7. The molecule has 0 saturated heterocycles. The molecule has 0 saturated carbocycles. The van der Waals surface area contributed by atoms with Crippen molar-refractivity contribution < 1.29 is 4.74 Å². The van der Waals surface area contributed by atoms with Crippen molar-refractivity contribution in [2.45, 2.75) is 27.0 Å². The molecule has 100 valence electrons. The van der Waals surface area contributed by atoms with Crippen molar-refractivity contribution >= 4 is 0 Å². The van der Waals surface area contributed by atoms with E-state index in [9.17, 15) is 0 Å². The fourth-order valence-electron chi connectivity index (χ4n) is 1.85. The third-order valence-corrected chi connectivity index (χ3v) is 2.74. The van der Waals surface area contributed by atoms with E-state index < -0.39 is 0 Å². The SMILES string of the molecule is CNCc1nc(C)ccc1OCc1cccc(C)n1. The summed E-state index contributed by atoms with van der Waals surface area (Å²) in [4.78, 5) is 8.91. The van der Waals surface area contributed by atoms with E-state index in [4.69, 9.17) is 4.74 Å². The highest BCUT2D eigenvalue weighted by Gasteiger charge is 2.06. The Balaban J connectivity index is 2.10. The fraction of sp³-hybridized carbons (Fsp3) is 0.333. The molecule has 0 aliphatic heterocycles. The second-order valence-corrected chi connectivity index (χ2v) is 4.49. The first kappa shape index (κ1) is 13.5. The molecular weight excluding hydrogens is 238 g/mol. The van der Waals surface area contributed by atoms with Crippen LogP contribution in [0.25, 0.3) is 0 Å². The molecule has 0 aliphatic rings. The molecule has 0 bridgehead atoms. The van der Waals surface area contributed by atoms with Gasteiger partial charge in [0.05, 0.1) is 11.4 Å². The summed E-state index contributed by atoms with van der Waals surface area (Å²) in [5, 5.41) is 3.10. The Morgan fingerprint density at radius 1 is 1.05 bits per heavy atom. The van der Waals surface area contributed by atoms with Crippen LogP contribution in [-0.2, 0) is 13.2 Å². The van der Waals surface area contributed by atoms with Gasteiger partial charge in [0, 0.05) is 17.9 Å². The Labute approximate surface area is 113 Å². The van der Waals surface area contributed by atoms with E-state index in [2.05, 4.69) is 15.3 Å². The Hall–Kier alpha value is -1.94. The molecule has 4 heteroatoms. The van der Waals surface area contributed by atoms with E-state index in [1.165, 1.54) is 0 Å².